The number of amides is 1. The summed E-state index contributed by atoms with van der Waals surface area (Å²) in [5.74, 6) is -0.221. The van der Waals surface area contributed by atoms with Gasteiger partial charge in [0.1, 0.15) is 0 Å². The number of esters is 1. The third-order valence-electron chi connectivity index (χ3n) is 3.74. The van der Waals surface area contributed by atoms with Gasteiger partial charge < -0.3 is 9.64 Å². The van der Waals surface area contributed by atoms with E-state index >= 15 is 0 Å². The number of ether oxygens (including phenoxy) is 1. The molecule has 0 N–H and O–H groups in total. The summed E-state index contributed by atoms with van der Waals surface area (Å²) in [4.78, 5) is 27.1. The van der Waals surface area contributed by atoms with Crippen LogP contribution in [0.15, 0.2) is 33.6 Å². The van der Waals surface area contributed by atoms with Crippen LogP contribution in [-0.2, 0) is 14.3 Å². The second-order valence-electron chi connectivity index (χ2n) is 5.61. The highest BCUT2D eigenvalue weighted by Gasteiger charge is 2.24. The van der Waals surface area contributed by atoms with Crippen LogP contribution < -0.4 is 0 Å². The molecule has 0 radical (unpaired) electrons. The average Bonchev–Trinajstić information content (AvgIpc) is 2.82. The predicted octanol–water partition coefficient (Wildman–Crippen LogP) is 3.88. The van der Waals surface area contributed by atoms with Gasteiger partial charge in [0.2, 0.25) is 0 Å². The van der Waals surface area contributed by atoms with Crippen molar-refractivity contribution in [2.75, 3.05) is 18.8 Å². The number of hydrogen-bond acceptors (Lipinski definition) is 4. The Hall–Kier alpha value is -1.01. The Bertz CT molecular complexity index is 527. The molecule has 0 bridgehead atoms. The number of nitrogens with zero attached hydrogens (tertiary/aromatic N) is 1. The molecule has 1 unspecified atom stereocenters. The quantitative estimate of drug-likeness (QED) is 0.556. The van der Waals surface area contributed by atoms with E-state index < -0.39 is 6.10 Å². The predicted molar refractivity (Wildman–Crippen MR) is 95.5 cm³/mol. The fourth-order valence-corrected chi connectivity index (χ4v) is 3.45. The van der Waals surface area contributed by atoms with Crippen molar-refractivity contribution in [2.45, 2.75) is 43.6 Å². The third kappa shape index (κ3) is 6.18. The minimum Gasteiger partial charge on any atom is -0.452 e. The summed E-state index contributed by atoms with van der Waals surface area (Å²) in [5.41, 5.74) is 0. The van der Waals surface area contributed by atoms with Crippen molar-refractivity contribution < 1.29 is 14.3 Å². The number of hydrogen-bond donors (Lipinski definition) is 0. The zero-order chi connectivity index (χ0) is 16.7. The zero-order valence-corrected chi connectivity index (χ0v) is 15.7. The second kappa shape index (κ2) is 9.33. The number of benzene rings is 1. The highest BCUT2D eigenvalue weighted by atomic mass is 79.9. The van der Waals surface area contributed by atoms with Crippen molar-refractivity contribution >= 4 is 39.6 Å². The van der Waals surface area contributed by atoms with E-state index in [0.717, 1.165) is 35.3 Å². The molecule has 6 heteroatoms. The molecule has 23 heavy (non-hydrogen) atoms. The van der Waals surface area contributed by atoms with E-state index in [-0.39, 0.29) is 17.6 Å². The van der Waals surface area contributed by atoms with Crippen LogP contribution in [0.4, 0.5) is 0 Å². The molecule has 1 aliphatic rings. The highest BCUT2D eigenvalue weighted by Crippen LogP contribution is 2.21. The van der Waals surface area contributed by atoms with Crippen LogP contribution >= 0.6 is 27.7 Å². The van der Waals surface area contributed by atoms with Gasteiger partial charge in [-0.2, -0.15) is 0 Å². The molecule has 0 saturated carbocycles. The summed E-state index contributed by atoms with van der Waals surface area (Å²) < 4.78 is 6.29. The molecular weight excluding hydrogens is 378 g/mol. The SMILES string of the molecule is CC(OC(=O)CSc1ccc(Br)cc1)C(=O)N1CCCCCC1. The lowest BCUT2D eigenvalue weighted by Crippen LogP contribution is -2.40. The summed E-state index contributed by atoms with van der Waals surface area (Å²) in [6.07, 6.45) is 3.70. The van der Waals surface area contributed by atoms with E-state index in [1.54, 1.807) is 6.92 Å². The van der Waals surface area contributed by atoms with Crippen LogP contribution in [0.25, 0.3) is 0 Å². The maximum absolute atomic E-state index is 12.3. The molecular formula is C17H22BrNO3S. The molecule has 1 saturated heterocycles. The minimum atomic E-state index is -0.703. The molecule has 1 heterocycles. The molecule has 0 aliphatic carbocycles. The monoisotopic (exact) mass is 399 g/mol. The Morgan fingerprint density at radius 2 is 1.78 bits per heavy atom. The van der Waals surface area contributed by atoms with Crippen LogP contribution in [0.5, 0.6) is 0 Å². The van der Waals surface area contributed by atoms with E-state index in [4.69, 9.17) is 4.74 Å². The van der Waals surface area contributed by atoms with Gasteiger partial charge in [0.05, 0.1) is 5.75 Å². The molecule has 1 atom stereocenters. The number of halogens is 1. The highest BCUT2D eigenvalue weighted by molar-refractivity contribution is 9.10. The molecule has 1 fully saturated rings. The van der Waals surface area contributed by atoms with E-state index in [2.05, 4.69) is 15.9 Å². The standard InChI is InChI=1S/C17H22BrNO3S/c1-13(17(21)19-10-4-2-3-5-11-19)22-16(20)12-23-15-8-6-14(18)7-9-15/h6-9,13H,2-5,10-12H2,1H3. The fraction of sp³-hybridized carbons (Fsp3) is 0.529. The van der Waals surface area contributed by atoms with Crippen molar-refractivity contribution in [1.29, 1.82) is 0 Å². The van der Waals surface area contributed by atoms with Gasteiger partial charge in [-0.3, -0.25) is 9.59 Å². The van der Waals surface area contributed by atoms with Gasteiger partial charge >= 0.3 is 5.97 Å². The fourth-order valence-electron chi connectivity index (χ4n) is 2.50. The van der Waals surface area contributed by atoms with Gasteiger partial charge in [-0.15, -0.1) is 11.8 Å². The Morgan fingerprint density at radius 3 is 2.39 bits per heavy atom. The topological polar surface area (TPSA) is 46.6 Å². The van der Waals surface area contributed by atoms with Gasteiger partial charge in [-0.1, -0.05) is 28.8 Å². The lowest BCUT2D eigenvalue weighted by atomic mass is 10.2. The number of carbonyl (C=O) groups is 2. The van der Waals surface area contributed by atoms with Crippen molar-refractivity contribution in [2.24, 2.45) is 0 Å². The van der Waals surface area contributed by atoms with E-state index in [9.17, 15) is 9.59 Å². The van der Waals surface area contributed by atoms with Gasteiger partial charge in [0, 0.05) is 22.5 Å². The molecule has 1 aromatic carbocycles. The van der Waals surface area contributed by atoms with E-state index in [1.165, 1.54) is 24.6 Å². The van der Waals surface area contributed by atoms with Gasteiger partial charge in [0.15, 0.2) is 6.10 Å². The largest absolute Gasteiger partial charge is 0.452 e. The first-order valence-corrected chi connectivity index (χ1v) is 9.71. The molecule has 4 nitrogen and oxygen atoms in total. The zero-order valence-electron chi connectivity index (χ0n) is 13.3. The first-order chi connectivity index (χ1) is 11.1. The molecule has 1 aromatic rings. The van der Waals surface area contributed by atoms with Crippen molar-refractivity contribution in [3.63, 3.8) is 0 Å². The Morgan fingerprint density at radius 1 is 1.17 bits per heavy atom. The first kappa shape index (κ1) is 18.3. The first-order valence-electron chi connectivity index (χ1n) is 7.93. The molecule has 0 spiro atoms. The summed E-state index contributed by atoms with van der Waals surface area (Å²) in [6.45, 7) is 3.21. The average molecular weight is 400 g/mol. The molecule has 2 rings (SSSR count). The van der Waals surface area contributed by atoms with Crippen molar-refractivity contribution in [1.82, 2.24) is 4.90 Å². The number of likely N-dealkylation sites (tertiary alicyclic amines) is 1. The molecule has 126 valence electrons. The van der Waals surface area contributed by atoms with Crippen molar-refractivity contribution in [3.8, 4) is 0 Å². The normalized spacial score (nSPS) is 16.5. The maximum Gasteiger partial charge on any atom is 0.317 e. The van der Waals surface area contributed by atoms with Crippen LogP contribution in [0.1, 0.15) is 32.6 Å². The Kier molecular flexibility index (Phi) is 7.43. The summed E-state index contributed by atoms with van der Waals surface area (Å²) in [6, 6.07) is 7.74. The Labute approximate surface area is 150 Å². The molecule has 1 amide bonds. The van der Waals surface area contributed by atoms with Gasteiger partial charge in [0.25, 0.3) is 5.91 Å². The smallest absolute Gasteiger partial charge is 0.317 e. The van der Waals surface area contributed by atoms with Crippen LogP contribution in [0.3, 0.4) is 0 Å². The number of thioether (sulfide) groups is 1. The lowest BCUT2D eigenvalue weighted by Gasteiger charge is -2.23. The summed E-state index contributed by atoms with van der Waals surface area (Å²) in [7, 11) is 0. The molecule has 0 aromatic heterocycles. The summed E-state index contributed by atoms with van der Waals surface area (Å²) in [5, 5.41) is 0. The number of rotatable bonds is 5. The summed E-state index contributed by atoms with van der Waals surface area (Å²) >= 11 is 4.78. The van der Waals surface area contributed by atoms with Gasteiger partial charge in [-0.05, 0) is 44.0 Å². The van der Waals surface area contributed by atoms with E-state index in [1.807, 2.05) is 29.2 Å². The van der Waals surface area contributed by atoms with Crippen LogP contribution in [0.2, 0.25) is 0 Å². The van der Waals surface area contributed by atoms with Gasteiger partial charge in [-0.25, -0.2) is 0 Å². The Balaban J connectivity index is 1.77. The third-order valence-corrected chi connectivity index (χ3v) is 5.26. The minimum absolute atomic E-state index is 0.0751. The maximum atomic E-state index is 12.3. The molecule has 1 aliphatic heterocycles. The van der Waals surface area contributed by atoms with Crippen LogP contribution in [-0.4, -0.2) is 41.7 Å². The van der Waals surface area contributed by atoms with Crippen molar-refractivity contribution in [3.05, 3.63) is 28.7 Å². The second-order valence-corrected chi connectivity index (χ2v) is 7.58. The lowest BCUT2D eigenvalue weighted by molar-refractivity contribution is -0.157. The number of carbonyl (C=O) groups excluding carboxylic acids is 2. The van der Waals surface area contributed by atoms with Crippen LogP contribution in [0, 0.1) is 0 Å². The van der Waals surface area contributed by atoms with E-state index in [0.29, 0.717) is 0 Å².